The van der Waals surface area contributed by atoms with Gasteiger partial charge in [0, 0.05) is 0 Å². The van der Waals surface area contributed by atoms with Gasteiger partial charge in [0.2, 0.25) is 13.5 Å². The fourth-order valence-corrected chi connectivity index (χ4v) is 1.45. The molecule has 0 unspecified atom stereocenters. The molecule has 5 heteroatoms. The summed E-state index contributed by atoms with van der Waals surface area (Å²) in [4.78, 5) is 20.2. The van der Waals surface area contributed by atoms with Gasteiger partial charge in [-0.3, -0.25) is 0 Å². The van der Waals surface area contributed by atoms with Gasteiger partial charge in [0.15, 0.2) is 0 Å². The number of benzene rings is 1. The second-order valence-corrected chi connectivity index (χ2v) is 4.04. The number of para-hydroxylation sites is 1. The van der Waals surface area contributed by atoms with Crippen LogP contribution in [0.15, 0.2) is 30.3 Å². The van der Waals surface area contributed by atoms with Crippen molar-refractivity contribution in [1.29, 1.82) is 0 Å². The molecule has 0 spiro atoms. The molecule has 0 aliphatic rings. The van der Waals surface area contributed by atoms with E-state index < -0.39 is 0 Å². The van der Waals surface area contributed by atoms with Gasteiger partial charge in [-0.15, -0.1) is 0 Å². The first-order chi connectivity index (χ1) is 8.73. The summed E-state index contributed by atoms with van der Waals surface area (Å²) in [6.45, 7) is 5.49. The SMILES string of the molecule is CCOOC[N+](C)(COOCC)c1ccccc1. The molecule has 1 rings (SSSR count). The zero-order valence-electron chi connectivity index (χ0n) is 11.3. The molecule has 102 valence electrons. The third-order valence-corrected chi connectivity index (χ3v) is 2.46. The highest BCUT2D eigenvalue weighted by atomic mass is 17.2. The van der Waals surface area contributed by atoms with Crippen molar-refractivity contribution in [1.82, 2.24) is 4.48 Å². The van der Waals surface area contributed by atoms with Gasteiger partial charge in [0.1, 0.15) is 5.69 Å². The van der Waals surface area contributed by atoms with E-state index in [-0.39, 0.29) is 0 Å². The molecule has 5 nitrogen and oxygen atoms in total. The van der Waals surface area contributed by atoms with E-state index in [1.165, 1.54) is 0 Å². The monoisotopic (exact) mass is 256 g/mol. The number of rotatable bonds is 9. The Morgan fingerprint density at radius 1 is 0.833 bits per heavy atom. The van der Waals surface area contributed by atoms with Crippen LogP contribution in [-0.4, -0.2) is 33.7 Å². The van der Waals surface area contributed by atoms with E-state index in [2.05, 4.69) is 0 Å². The van der Waals surface area contributed by atoms with E-state index in [9.17, 15) is 0 Å². The van der Waals surface area contributed by atoms with Crippen LogP contribution in [0.2, 0.25) is 0 Å². The maximum Gasteiger partial charge on any atom is 0.220 e. The minimum absolute atomic E-state index is 0.352. The Bertz CT molecular complexity index is 308. The maximum absolute atomic E-state index is 5.17. The second kappa shape index (κ2) is 8.18. The molecule has 1 aromatic carbocycles. The average Bonchev–Trinajstić information content (AvgIpc) is 2.40. The van der Waals surface area contributed by atoms with Crippen molar-refractivity contribution in [2.75, 3.05) is 33.7 Å². The maximum atomic E-state index is 5.17. The lowest BCUT2D eigenvalue weighted by Gasteiger charge is -2.31. The van der Waals surface area contributed by atoms with Crippen LogP contribution in [0.4, 0.5) is 5.69 Å². The second-order valence-electron chi connectivity index (χ2n) is 4.04. The normalized spacial score (nSPS) is 11.7. The van der Waals surface area contributed by atoms with E-state index in [0.29, 0.717) is 31.2 Å². The zero-order chi connectivity index (χ0) is 13.3. The van der Waals surface area contributed by atoms with E-state index in [1.54, 1.807) is 0 Å². The largest absolute Gasteiger partial charge is 0.244 e. The van der Waals surface area contributed by atoms with Gasteiger partial charge in [-0.05, 0) is 26.0 Å². The number of hydrogen-bond acceptors (Lipinski definition) is 4. The molecule has 0 aromatic heterocycles. The Morgan fingerprint density at radius 2 is 1.33 bits per heavy atom. The fraction of sp³-hybridized carbons (Fsp3) is 0.538. The standard InChI is InChI=1S/C13H22NO4/c1-4-15-17-11-14(3,12-18-16-5-2)13-9-7-6-8-10-13/h6-10H,4-5,11-12H2,1-3H3/q+1. The molecule has 1 aromatic rings. The van der Waals surface area contributed by atoms with Crippen LogP contribution < -0.4 is 4.48 Å². The summed E-state index contributed by atoms with van der Waals surface area (Å²) in [6, 6.07) is 9.97. The molecule has 0 saturated heterocycles. The van der Waals surface area contributed by atoms with Crippen LogP contribution in [0.3, 0.4) is 0 Å². The van der Waals surface area contributed by atoms with Crippen molar-refractivity contribution < 1.29 is 19.6 Å². The Kier molecular flexibility index (Phi) is 6.85. The smallest absolute Gasteiger partial charge is 0.220 e. The zero-order valence-corrected chi connectivity index (χ0v) is 11.3. The summed E-state index contributed by atoms with van der Waals surface area (Å²) in [5, 5.41) is 0. The highest BCUT2D eigenvalue weighted by Gasteiger charge is 2.26. The topological polar surface area (TPSA) is 36.9 Å². The number of quaternary nitrogens is 1. The van der Waals surface area contributed by atoms with E-state index in [0.717, 1.165) is 5.69 Å². The number of hydrogen-bond donors (Lipinski definition) is 0. The van der Waals surface area contributed by atoms with E-state index in [4.69, 9.17) is 19.6 Å². The van der Waals surface area contributed by atoms with Crippen molar-refractivity contribution in [3.8, 4) is 0 Å². The Balaban J connectivity index is 2.67. The molecule has 0 heterocycles. The van der Waals surface area contributed by atoms with Crippen LogP contribution in [0.1, 0.15) is 13.8 Å². The minimum Gasteiger partial charge on any atom is -0.244 e. The third-order valence-electron chi connectivity index (χ3n) is 2.46. The quantitative estimate of drug-likeness (QED) is 0.224. The summed E-state index contributed by atoms with van der Waals surface area (Å²) >= 11 is 0. The van der Waals surface area contributed by atoms with Crippen LogP contribution in [0.25, 0.3) is 0 Å². The van der Waals surface area contributed by atoms with Gasteiger partial charge in [0.25, 0.3) is 0 Å². The van der Waals surface area contributed by atoms with Crippen LogP contribution in [0, 0.1) is 0 Å². The summed E-state index contributed by atoms with van der Waals surface area (Å²) in [6.07, 6.45) is 0. The van der Waals surface area contributed by atoms with E-state index in [1.807, 2.05) is 51.2 Å². The van der Waals surface area contributed by atoms with Gasteiger partial charge >= 0.3 is 0 Å². The van der Waals surface area contributed by atoms with Crippen molar-refractivity contribution in [2.24, 2.45) is 0 Å². The highest BCUT2D eigenvalue weighted by Crippen LogP contribution is 2.20. The molecule has 0 atom stereocenters. The lowest BCUT2D eigenvalue weighted by atomic mass is 10.3. The predicted octanol–water partition coefficient (Wildman–Crippen LogP) is 2.47. The summed E-state index contributed by atoms with van der Waals surface area (Å²) < 4.78 is 0.418. The lowest BCUT2D eigenvalue weighted by molar-refractivity contribution is -0.343. The molecule has 0 N–H and O–H groups in total. The van der Waals surface area contributed by atoms with Gasteiger partial charge in [0.05, 0.1) is 20.3 Å². The Hall–Kier alpha value is -0.980. The fourth-order valence-electron chi connectivity index (χ4n) is 1.45. The van der Waals surface area contributed by atoms with Gasteiger partial charge in [-0.25, -0.2) is 14.3 Å². The van der Waals surface area contributed by atoms with Gasteiger partial charge < -0.3 is 0 Å². The summed E-state index contributed by atoms with van der Waals surface area (Å²) in [5.41, 5.74) is 1.07. The molecule has 0 aliphatic heterocycles. The molecule has 0 bridgehead atoms. The van der Waals surface area contributed by atoms with Crippen molar-refractivity contribution >= 4 is 5.69 Å². The Morgan fingerprint density at radius 3 is 1.78 bits per heavy atom. The van der Waals surface area contributed by atoms with E-state index >= 15 is 0 Å². The lowest BCUT2D eigenvalue weighted by Crippen LogP contribution is -2.48. The molecule has 0 saturated carbocycles. The molecule has 0 radical (unpaired) electrons. The summed E-state index contributed by atoms with van der Waals surface area (Å²) in [7, 11) is 1.99. The van der Waals surface area contributed by atoms with Crippen molar-refractivity contribution in [3.05, 3.63) is 30.3 Å². The first-order valence-electron chi connectivity index (χ1n) is 6.12. The molecule has 0 fully saturated rings. The van der Waals surface area contributed by atoms with Gasteiger partial charge in [-0.2, -0.15) is 9.78 Å². The Labute approximate surface area is 108 Å². The van der Waals surface area contributed by atoms with Crippen molar-refractivity contribution in [2.45, 2.75) is 13.8 Å². The molecular weight excluding hydrogens is 234 g/mol. The highest BCUT2D eigenvalue weighted by molar-refractivity contribution is 5.41. The third kappa shape index (κ3) is 4.72. The van der Waals surface area contributed by atoms with Gasteiger partial charge in [-0.1, -0.05) is 18.2 Å². The molecular formula is C13H22NO4+. The first-order valence-corrected chi connectivity index (χ1v) is 6.12. The van der Waals surface area contributed by atoms with Crippen LogP contribution >= 0.6 is 0 Å². The molecule has 0 amide bonds. The first kappa shape index (κ1) is 15.1. The molecule has 18 heavy (non-hydrogen) atoms. The van der Waals surface area contributed by atoms with Crippen LogP contribution in [-0.2, 0) is 19.6 Å². The van der Waals surface area contributed by atoms with Crippen LogP contribution in [0.5, 0.6) is 0 Å². The minimum atomic E-state index is 0.352. The average molecular weight is 256 g/mol. The summed E-state index contributed by atoms with van der Waals surface area (Å²) in [5.74, 6) is 0. The van der Waals surface area contributed by atoms with Crippen molar-refractivity contribution in [3.63, 3.8) is 0 Å². The molecule has 0 aliphatic carbocycles. The number of nitrogens with zero attached hydrogens (tertiary/aromatic N) is 1. The predicted molar refractivity (Wildman–Crippen MR) is 69.3 cm³/mol.